The van der Waals surface area contributed by atoms with Crippen molar-refractivity contribution in [2.45, 2.75) is 64.8 Å². The Bertz CT molecular complexity index is 962. The van der Waals surface area contributed by atoms with Crippen molar-refractivity contribution >= 4 is 11.9 Å². The second-order valence-corrected chi connectivity index (χ2v) is 8.54. The standard InChI is InChI=1S/C27H36N2O5/c1-3-33-26(31)14-7-8-18-29(19-17-20-10-5-6-13-25(20)30)24-12-9-11-22-21(24)15-16-23(28-22)27(32)34-4-2/h5-6,10,13,15-16,24,30H,3-4,7-9,11-12,14,17-19H2,1-2H3. The number of carbonyl (C=O) groups excluding carboxylic acids is 2. The summed E-state index contributed by atoms with van der Waals surface area (Å²) in [7, 11) is 0. The normalized spacial score (nSPS) is 15.1. The van der Waals surface area contributed by atoms with Crippen molar-refractivity contribution in [2.75, 3.05) is 26.3 Å². The van der Waals surface area contributed by atoms with Gasteiger partial charge in [0.1, 0.15) is 11.4 Å². The summed E-state index contributed by atoms with van der Waals surface area (Å²) < 4.78 is 10.2. The monoisotopic (exact) mass is 468 g/mol. The number of para-hydroxylation sites is 1. The first-order chi connectivity index (χ1) is 16.5. The van der Waals surface area contributed by atoms with Crippen LogP contribution in [0.3, 0.4) is 0 Å². The molecule has 0 radical (unpaired) electrons. The largest absolute Gasteiger partial charge is 0.508 e. The van der Waals surface area contributed by atoms with Crippen molar-refractivity contribution < 1.29 is 24.2 Å². The first-order valence-electron chi connectivity index (χ1n) is 12.4. The first kappa shape index (κ1) is 25.7. The molecule has 1 heterocycles. The Morgan fingerprint density at radius 3 is 2.62 bits per heavy atom. The van der Waals surface area contributed by atoms with Gasteiger partial charge in [0, 0.05) is 24.7 Å². The Morgan fingerprint density at radius 2 is 1.85 bits per heavy atom. The molecule has 3 rings (SSSR count). The second kappa shape index (κ2) is 13.1. The summed E-state index contributed by atoms with van der Waals surface area (Å²) in [4.78, 5) is 30.9. The number of aromatic nitrogens is 1. The van der Waals surface area contributed by atoms with E-state index in [2.05, 4.69) is 9.88 Å². The molecule has 1 N–H and O–H groups in total. The molecular formula is C27H36N2O5. The SMILES string of the molecule is CCOC(=O)CCCCN(CCc1ccccc1O)C1CCCc2nc(C(=O)OCC)ccc21. The fourth-order valence-electron chi connectivity index (χ4n) is 4.56. The number of pyridine rings is 1. The highest BCUT2D eigenvalue weighted by molar-refractivity contribution is 5.87. The average Bonchev–Trinajstić information content (AvgIpc) is 2.84. The number of carbonyl (C=O) groups is 2. The van der Waals surface area contributed by atoms with Crippen molar-refractivity contribution in [1.29, 1.82) is 0 Å². The third-order valence-electron chi connectivity index (χ3n) is 6.23. The molecular weight excluding hydrogens is 432 g/mol. The highest BCUT2D eigenvalue weighted by Gasteiger charge is 2.27. The van der Waals surface area contributed by atoms with Gasteiger partial charge in [-0.25, -0.2) is 9.78 Å². The Morgan fingerprint density at radius 1 is 1.06 bits per heavy atom. The smallest absolute Gasteiger partial charge is 0.356 e. The van der Waals surface area contributed by atoms with Crippen molar-refractivity contribution in [2.24, 2.45) is 0 Å². The Balaban J connectivity index is 1.74. The summed E-state index contributed by atoms with van der Waals surface area (Å²) in [5.41, 5.74) is 3.39. The third-order valence-corrected chi connectivity index (χ3v) is 6.23. The molecule has 184 valence electrons. The maximum atomic E-state index is 12.2. The van der Waals surface area contributed by atoms with Crippen LogP contribution >= 0.6 is 0 Å². The summed E-state index contributed by atoms with van der Waals surface area (Å²) in [5, 5.41) is 10.2. The molecule has 7 nitrogen and oxygen atoms in total. The lowest BCUT2D eigenvalue weighted by atomic mass is 9.89. The van der Waals surface area contributed by atoms with Crippen LogP contribution in [0.1, 0.15) is 79.3 Å². The van der Waals surface area contributed by atoms with Gasteiger partial charge >= 0.3 is 11.9 Å². The topological polar surface area (TPSA) is 89.0 Å². The zero-order valence-corrected chi connectivity index (χ0v) is 20.3. The van der Waals surface area contributed by atoms with Gasteiger partial charge in [-0.2, -0.15) is 0 Å². The first-order valence-corrected chi connectivity index (χ1v) is 12.4. The molecule has 1 atom stereocenters. The van der Waals surface area contributed by atoms with E-state index >= 15 is 0 Å². The minimum absolute atomic E-state index is 0.151. The van der Waals surface area contributed by atoms with Crippen LogP contribution in [0.15, 0.2) is 36.4 Å². The second-order valence-electron chi connectivity index (χ2n) is 8.54. The highest BCUT2D eigenvalue weighted by Crippen LogP contribution is 2.34. The van der Waals surface area contributed by atoms with E-state index in [0.29, 0.717) is 31.1 Å². The number of phenols is 1. The van der Waals surface area contributed by atoms with Gasteiger partial charge in [-0.15, -0.1) is 0 Å². The quantitative estimate of drug-likeness (QED) is 0.359. The van der Waals surface area contributed by atoms with Crippen LogP contribution in [0.25, 0.3) is 0 Å². The van der Waals surface area contributed by atoms with Gasteiger partial charge in [-0.1, -0.05) is 24.3 Å². The average molecular weight is 469 g/mol. The fourth-order valence-corrected chi connectivity index (χ4v) is 4.56. The zero-order chi connectivity index (χ0) is 24.3. The van der Waals surface area contributed by atoms with Crippen molar-refractivity contribution in [3.05, 3.63) is 58.9 Å². The number of aromatic hydroxyl groups is 1. The van der Waals surface area contributed by atoms with Gasteiger partial charge < -0.3 is 14.6 Å². The predicted molar refractivity (Wildman–Crippen MR) is 130 cm³/mol. The van der Waals surface area contributed by atoms with E-state index in [1.165, 1.54) is 0 Å². The zero-order valence-electron chi connectivity index (χ0n) is 20.3. The number of esters is 2. The Labute approximate surface area is 202 Å². The van der Waals surface area contributed by atoms with Gasteiger partial charge in [-0.05, 0) is 82.2 Å². The summed E-state index contributed by atoms with van der Waals surface area (Å²) in [6.45, 7) is 5.95. The fraction of sp³-hybridized carbons (Fsp3) is 0.519. The number of phenolic OH excluding ortho intramolecular Hbond substituents is 1. The molecule has 1 aliphatic carbocycles. The highest BCUT2D eigenvalue weighted by atomic mass is 16.5. The maximum absolute atomic E-state index is 12.2. The van der Waals surface area contributed by atoms with Gasteiger partial charge in [0.25, 0.3) is 0 Å². The van der Waals surface area contributed by atoms with Crippen LogP contribution in [0.4, 0.5) is 0 Å². The molecule has 1 aliphatic rings. The molecule has 1 unspecified atom stereocenters. The van der Waals surface area contributed by atoms with E-state index in [-0.39, 0.29) is 18.0 Å². The van der Waals surface area contributed by atoms with E-state index in [0.717, 1.165) is 68.4 Å². The van der Waals surface area contributed by atoms with Crippen LogP contribution in [0.5, 0.6) is 5.75 Å². The van der Waals surface area contributed by atoms with Crippen LogP contribution in [0, 0.1) is 0 Å². The minimum Gasteiger partial charge on any atom is -0.508 e. The molecule has 0 fully saturated rings. The van der Waals surface area contributed by atoms with Crippen molar-refractivity contribution in [3.8, 4) is 5.75 Å². The molecule has 0 aliphatic heterocycles. The summed E-state index contributed by atoms with van der Waals surface area (Å²) in [6, 6.07) is 11.4. The maximum Gasteiger partial charge on any atom is 0.356 e. The van der Waals surface area contributed by atoms with E-state index in [4.69, 9.17) is 9.47 Å². The molecule has 34 heavy (non-hydrogen) atoms. The van der Waals surface area contributed by atoms with Crippen LogP contribution in [0.2, 0.25) is 0 Å². The van der Waals surface area contributed by atoms with Gasteiger partial charge in [0.05, 0.1) is 13.2 Å². The molecule has 0 spiro atoms. The van der Waals surface area contributed by atoms with Gasteiger partial charge in [0.15, 0.2) is 0 Å². The number of hydrogen-bond donors (Lipinski definition) is 1. The lowest BCUT2D eigenvalue weighted by Gasteiger charge is -2.36. The lowest BCUT2D eigenvalue weighted by molar-refractivity contribution is -0.143. The molecule has 7 heteroatoms. The number of rotatable bonds is 12. The molecule has 0 saturated heterocycles. The summed E-state index contributed by atoms with van der Waals surface area (Å²) in [5.74, 6) is -0.223. The number of unbranched alkanes of at least 4 members (excludes halogenated alkanes) is 1. The summed E-state index contributed by atoms with van der Waals surface area (Å²) >= 11 is 0. The molecule has 1 aromatic carbocycles. The van der Waals surface area contributed by atoms with E-state index in [1.807, 2.05) is 31.2 Å². The summed E-state index contributed by atoms with van der Waals surface area (Å²) in [6.07, 6.45) is 5.64. The molecule has 0 amide bonds. The lowest BCUT2D eigenvalue weighted by Crippen LogP contribution is -2.34. The number of fused-ring (bicyclic) bond motifs is 1. The molecule has 0 bridgehead atoms. The number of benzene rings is 1. The van der Waals surface area contributed by atoms with Crippen LogP contribution < -0.4 is 0 Å². The number of aryl methyl sites for hydroxylation is 1. The van der Waals surface area contributed by atoms with Crippen LogP contribution in [-0.4, -0.2) is 53.2 Å². The van der Waals surface area contributed by atoms with Gasteiger partial charge in [0.2, 0.25) is 0 Å². The Hall–Kier alpha value is -2.93. The number of nitrogens with zero attached hydrogens (tertiary/aromatic N) is 2. The molecule has 0 saturated carbocycles. The van der Waals surface area contributed by atoms with Crippen molar-refractivity contribution in [1.82, 2.24) is 9.88 Å². The number of ether oxygens (including phenoxy) is 2. The third kappa shape index (κ3) is 7.03. The van der Waals surface area contributed by atoms with E-state index < -0.39 is 0 Å². The number of hydrogen-bond acceptors (Lipinski definition) is 7. The molecule has 1 aromatic heterocycles. The van der Waals surface area contributed by atoms with E-state index in [9.17, 15) is 14.7 Å². The van der Waals surface area contributed by atoms with E-state index in [1.54, 1.807) is 19.1 Å². The van der Waals surface area contributed by atoms with Crippen molar-refractivity contribution in [3.63, 3.8) is 0 Å². The molecule has 2 aromatic rings. The minimum atomic E-state index is -0.386. The van der Waals surface area contributed by atoms with Gasteiger partial charge in [-0.3, -0.25) is 9.69 Å². The van der Waals surface area contributed by atoms with Crippen LogP contribution in [-0.2, 0) is 27.1 Å². The Kier molecular flexibility index (Phi) is 9.89. The predicted octanol–water partition coefficient (Wildman–Crippen LogP) is 4.62.